The minimum Gasteiger partial charge on any atom is -0.340 e. The van der Waals surface area contributed by atoms with Gasteiger partial charge in [0.05, 0.1) is 23.1 Å². The van der Waals surface area contributed by atoms with Gasteiger partial charge in [-0.2, -0.15) is 0 Å². The van der Waals surface area contributed by atoms with Crippen molar-refractivity contribution < 1.29 is 4.79 Å². The van der Waals surface area contributed by atoms with E-state index < -0.39 is 0 Å². The first-order chi connectivity index (χ1) is 6.15. The number of hydrogen-bond donors (Lipinski definition) is 0. The van der Waals surface area contributed by atoms with E-state index in [1.165, 1.54) is 0 Å². The molecule has 5 heteroatoms. The summed E-state index contributed by atoms with van der Waals surface area (Å²) >= 11 is 4.72. The van der Waals surface area contributed by atoms with E-state index in [0.717, 1.165) is 10.6 Å². The molecular weight excluding hydrogens is 252 g/mol. The fraction of sp³-hybridized carbons (Fsp3) is 0.500. The fourth-order valence-corrected chi connectivity index (χ4v) is 2.14. The van der Waals surface area contributed by atoms with Crippen molar-refractivity contribution in [3.63, 3.8) is 0 Å². The van der Waals surface area contributed by atoms with Gasteiger partial charge in [-0.1, -0.05) is 15.9 Å². The maximum absolute atomic E-state index is 11.2. The van der Waals surface area contributed by atoms with Crippen molar-refractivity contribution in [1.82, 2.24) is 9.88 Å². The molecule has 0 aliphatic heterocycles. The van der Waals surface area contributed by atoms with Gasteiger partial charge in [0, 0.05) is 11.9 Å². The van der Waals surface area contributed by atoms with E-state index in [2.05, 4.69) is 20.9 Å². The van der Waals surface area contributed by atoms with Gasteiger partial charge in [-0.25, -0.2) is 4.98 Å². The van der Waals surface area contributed by atoms with E-state index >= 15 is 0 Å². The average Bonchev–Trinajstić information content (AvgIpc) is 2.50. The lowest BCUT2D eigenvalue weighted by molar-refractivity contribution is -0.127. The molecule has 0 aliphatic rings. The van der Waals surface area contributed by atoms with Crippen molar-refractivity contribution in [2.45, 2.75) is 13.5 Å². The number of nitrogens with zero attached hydrogens (tertiary/aromatic N) is 2. The molecule has 13 heavy (non-hydrogen) atoms. The maximum Gasteiger partial charge on any atom is 0.233 e. The average molecular weight is 263 g/mol. The van der Waals surface area contributed by atoms with Gasteiger partial charge in [0.25, 0.3) is 0 Å². The zero-order valence-electron chi connectivity index (χ0n) is 7.58. The number of aryl methyl sites for hydroxylation is 1. The van der Waals surface area contributed by atoms with Crippen molar-refractivity contribution in [3.8, 4) is 0 Å². The first-order valence-corrected chi connectivity index (χ1v) is 5.84. The molecule has 0 N–H and O–H groups in total. The molecule has 0 saturated heterocycles. The molecule has 1 rings (SSSR count). The van der Waals surface area contributed by atoms with Crippen LogP contribution in [-0.2, 0) is 11.3 Å². The van der Waals surface area contributed by atoms with Gasteiger partial charge in [-0.3, -0.25) is 4.79 Å². The lowest BCUT2D eigenvalue weighted by Crippen LogP contribution is -2.26. The summed E-state index contributed by atoms with van der Waals surface area (Å²) in [6, 6.07) is 0. The molecule has 0 unspecified atom stereocenters. The smallest absolute Gasteiger partial charge is 0.233 e. The van der Waals surface area contributed by atoms with Gasteiger partial charge >= 0.3 is 0 Å². The van der Waals surface area contributed by atoms with Crippen LogP contribution >= 0.6 is 27.3 Å². The van der Waals surface area contributed by atoms with Crippen LogP contribution in [0.1, 0.15) is 10.6 Å². The predicted molar refractivity (Wildman–Crippen MR) is 57.1 cm³/mol. The van der Waals surface area contributed by atoms with Crippen molar-refractivity contribution in [1.29, 1.82) is 0 Å². The standard InChI is InChI=1S/C8H11BrN2OS/c1-6-7(13-5-10-6)4-11(2)8(12)3-9/h5H,3-4H2,1-2H3. The fourth-order valence-electron chi connectivity index (χ4n) is 0.884. The minimum atomic E-state index is 0.0906. The van der Waals surface area contributed by atoms with Gasteiger partial charge < -0.3 is 4.90 Å². The molecule has 3 nitrogen and oxygen atoms in total. The number of thiazole rings is 1. The Morgan fingerprint density at radius 2 is 2.46 bits per heavy atom. The summed E-state index contributed by atoms with van der Waals surface area (Å²) in [6.45, 7) is 2.61. The first-order valence-electron chi connectivity index (χ1n) is 3.84. The zero-order valence-corrected chi connectivity index (χ0v) is 9.98. The summed E-state index contributed by atoms with van der Waals surface area (Å²) < 4.78 is 0. The number of carbonyl (C=O) groups excluding carboxylic acids is 1. The topological polar surface area (TPSA) is 33.2 Å². The van der Waals surface area contributed by atoms with Crippen LogP contribution in [0.3, 0.4) is 0 Å². The highest BCUT2D eigenvalue weighted by Gasteiger charge is 2.09. The van der Waals surface area contributed by atoms with Crippen molar-refractivity contribution in [2.75, 3.05) is 12.4 Å². The Balaban J connectivity index is 2.59. The van der Waals surface area contributed by atoms with Gasteiger partial charge in [0.15, 0.2) is 0 Å². The van der Waals surface area contributed by atoms with E-state index in [1.807, 2.05) is 6.92 Å². The lowest BCUT2D eigenvalue weighted by Gasteiger charge is -2.14. The van der Waals surface area contributed by atoms with Crippen molar-refractivity contribution >= 4 is 33.2 Å². The summed E-state index contributed by atoms with van der Waals surface area (Å²) in [5.74, 6) is 0.0906. The molecule has 0 saturated carbocycles. The summed E-state index contributed by atoms with van der Waals surface area (Å²) in [4.78, 5) is 18.2. The molecular formula is C8H11BrN2OS. The molecule has 72 valence electrons. The molecule has 0 fully saturated rings. The van der Waals surface area contributed by atoms with E-state index in [1.54, 1.807) is 28.8 Å². The number of rotatable bonds is 3. The van der Waals surface area contributed by atoms with Gasteiger partial charge in [-0.05, 0) is 6.92 Å². The monoisotopic (exact) mass is 262 g/mol. The number of aromatic nitrogens is 1. The van der Waals surface area contributed by atoms with E-state index in [-0.39, 0.29) is 5.91 Å². The third-order valence-corrected chi connectivity index (χ3v) is 3.17. The Bertz CT molecular complexity index is 300. The molecule has 1 amide bonds. The quantitative estimate of drug-likeness (QED) is 0.779. The normalized spacial score (nSPS) is 10.1. The molecule has 0 radical (unpaired) electrons. The Morgan fingerprint density at radius 3 is 2.92 bits per heavy atom. The van der Waals surface area contributed by atoms with E-state index in [9.17, 15) is 4.79 Å². The van der Waals surface area contributed by atoms with Crippen molar-refractivity contribution in [2.24, 2.45) is 0 Å². The Hall–Kier alpha value is -0.420. The SMILES string of the molecule is Cc1ncsc1CN(C)C(=O)CBr. The second-order valence-corrected chi connectivity index (χ2v) is 4.24. The number of hydrogen-bond acceptors (Lipinski definition) is 3. The number of halogens is 1. The molecule has 0 atom stereocenters. The largest absolute Gasteiger partial charge is 0.340 e. The van der Waals surface area contributed by atoms with Crippen LogP contribution in [0, 0.1) is 6.92 Å². The molecule has 0 bridgehead atoms. The van der Waals surface area contributed by atoms with Gasteiger partial charge in [-0.15, -0.1) is 11.3 Å². The number of amides is 1. The van der Waals surface area contributed by atoms with Crippen LogP contribution in [0.5, 0.6) is 0 Å². The predicted octanol–water partition coefficient (Wildman–Crippen LogP) is 1.80. The van der Waals surface area contributed by atoms with E-state index in [0.29, 0.717) is 11.9 Å². The lowest BCUT2D eigenvalue weighted by atomic mass is 10.4. The highest BCUT2D eigenvalue weighted by molar-refractivity contribution is 9.09. The molecule has 1 aromatic rings. The first kappa shape index (κ1) is 10.7. The summed E-state index contributed by atoms with van der Waals surface area (Å²) in [6.07, 6.45) is 0. The number of carbonyl (C=O) groups is 1. The van der Waals surface area contributed by atoms with Gasteiger partial charge in [0.2, 0.25) is 5.91 Å². The molecule has 1 aromatic heterocycles. The molecule has 1 heterocycles. The highest BCUT2D eigenvalue weighted by Crippen LogP contribution is 2.14. The minimum absolute atomic E-state index is 0.0906. The Labute approximate surface area is 89.9 Å². The summed E-state index contributed by atoms with van der Waals surface area (Å²) in [5.41, 5.74) is 2.82. The second-order valence-electron chi connectivity index (χ2n) is 2.74. The van der Waals surface area contributed by atoms with Crippen LogP contribution in [0.4, 0.5) is 0 Å². The second kappa shape index (κ2) is 4.72. The van der Waals surface area contributed by atoms with Crippen LogP contribution < -0.4 is 0 Å². The molecule has 0 aliphatic carbocycles. The summed E-state index contributed by atoms with van der Waals surface area (Å²) in [5, 5.41) is 0.376. The summed E-state index contributed by atoms with van der Waals surface area (Å²) in [7, 11) is 1.79. The Morgan fingerprint density at radius 1 is 1.77 bits per heavy atom. The van der Waals surface area contributed by atoms with Crippen LogP contribution in [0.2, 0.25) is 0 Å². The van der Waals surface area contributed by atoms with Gasteiger partial charge in [0.1, 0.15) is 0 Å². The third kappa shape index (κ3) is 2.77. The molecule has 0 aromatic carbocycles. The zero-order chi connectivity index (χ0) is 9.84. The maximum atomic E-state index is 11.2. The van der Waals surface area contributed by atoms with E-state index in [4.69, 9.17) is 0 Å². The highest BCUT2D eigenvalue weighted by atomic mass is 79.9. The van der Waals surface area contributed by atoms with Crippen LogP contribution in [-0.4, -0.2) is 28.2 Å². The van der Waals surface area contributed by atoms with Crippen LogP contribution in [0.15, 0.2) is 5.51 Å². The van der Waals surface area contributed by atoms with Crippen molar-refractivity contribution in [3.05, 3.63) is 16.1 Å². The molecule has 0 spiro atoms. The third-order valence-electron chi connectivity index (χ3n) is 1.77. The van der Waals surface area contributed by atoms with Crippen LogP contribution in [0.25, 0.3) is 0 Å². The Kier molecular flexibility index (Phi) is 3.87. The number of alkyl halides is 1.